The molecule has 0 spiro atoms. The van der Waals surface area contributed by atoms with E-state index in [2.05, 4.69) is 37.4 Å². The number of rotatable bonds is 5. The molecule has 0 aromatic heterocycles. The Bertz CT molecular complexity index is 536. The van der Waals surface area contributed by atoms with E-state index < -0.39 is 0 Å². The van der Waals surface area contributed by atoms with Crippen LogP contribution in [0.5, 0.6) is 5.75 Å². The van der Waals surface area contributed by atoms with Gasteiger partial charge in [-0.25, -0.2) is 0 Å². The van der Waals surface area contributed by atoms with E-state index in [0.29, 0.717) is 5.75 Å². The monoisotopic (exact) mass is 255 g/mol. The standard InChI is InChI=1S/C17H21NO/c1-3-8-14-9-4-6-11-16(14)18-13(2)15-10-5-7-12-17(15)19/h4-7,9-13,18-19H,3,8H2,1-2H3. The quantitative estimate of drug-likeness (QED) is 0.823. The van der Waals surface area contributed by atoms with Crippen LogP contribution in [-0.2, 0) is 6.42 Å². The van der Waals surface area contributed by atoms with Gasteiger partial charge >= 0.3 is 0 Å². The molecule has 100 valence electrons. The molecule has 2 heteroatoms. The van der Waals surface area contributed by atoms with E-state index >= 15 is 0 Å². The van der Waals surface area contributed by atoms with Crippen LogP contribution in [0.15, 0.2) is 48.5 Å². The van der Waals surface area contributed by atoms with Crippen molar-refractivity contribution in [3.05, 3.63) is 59.7 Å². The molecule has 0 radical (unpaired) electrons. The van der Waals surface area contributed by atoms with Crippen molar-refractivity contribution in [1.29, 1.82) is 0 Å². The first-order valence-electron chi connectivity index (χ1n) is 6.84. The maximum absolute atomic E-state index is 9.89. The summed E-state index contributed by atoms with van der Waals surface area (Å²) in [7, 11) is 0. The van der Waals surface area contributed by atoms with Crippen LogP contribution in [0.2, 0.25) is 0 Å². The second-order valence-electron chi connectivity index (χ2n) is 4.83. The third kappa shape index (κ3) is 3.28. The summed E-state index contributed by atoms with van der Waals surface area (Å²) in [5.74, 6) is 0.343. The third-order valence-corrected chi connectivity index (χ3v) is 3.31. The first kappa shape index (κ1) is 13.5. The smallest absolute Gasteiger partial charge is 0.120 e. The Morgan fingerprint density at radius 3 is 2.47 bits per heavy atom. The minimum Gasteiger partial charge on any atom is -0.508 e. The third-order valence-electron chi connectivity index (χ3n) is 3.31. The molecule has 0 saturated heterocycles. The predicted molar refractivity (Wildman–Crippen MR) is 80.6 cm³/mol. The molecule has 2 rings (SSSR count). The van der Waals surface area contributed by atoms with Gasteiger partial charge in [-0.2, -0.15) is 0 Å². The molecule has 0 aliphatic carbocycles. The first-order chi connectivity index (χ1) is 9.22. The minimum absolute atomic E-state index is 0.0826. The summed E-state index contributed by atoms with van der Waals surface area (Å²) in [5.41, 5.74) is 3.40. The number of phenols is 1. The van der Waals surface area contributed by atoms with E-state index in [4.69, 9.17) is 0 Å². The van der Waals surface area contributed by atoms with Gasteiger partial charge < -0.3 is 10.4 Å². The van der Waals surface area contributed by atoms with Gasteiger partial charge in [-0.1, -0.05) is 49.7 Å². The van der Waals surface area contributed by atoms with Gasteiger partial charge in [0.2, 0.25) is 0 Å². The van der Waals surface area contributed by atoms with Crippen LogP contribution < -0.4 is 5.32 Å². The maximum atomic E-state index is 9.89. The number of aryl methyl sites for hydroxylation is 1. The minimum atomic E-state index is 0.0826. The number of aromatic hydroxyl groups is 1. The van der Waals surface area contributed by atoms with Crippen molar-refractivity contribution < 1.29 is 5.11 Å². The molecule has 2 aromatic rings. The van der Waals surface area contributed by atoms with Gasteiger partial charge in [0.1, 0.15) is 5.75 Å². The summed E-state index contributed by atoms with van der Waals surface area (Å²) in [6.45, 7) is 4.25. The van der Waals surface area contributed by atoms with Gasteiger partial charge in [0, 0.05) is 11.3 Å². The second-order valence-corrected chi connectivity index (χ2v) is 4.83. The normalized spacial score (nSPS) is 12.1. The van der Waals surface area contributed by atoms with Crippen molar-refractivity contribution >= 4 is 5.69 Å². The van der Waals surface area contributed by atoms with Crippen LogP contribution in [0.3, 0.4) is 0 Å². The SMILES string of the molecule is CCCc1ccccc1NC(C)c1ccccc1O. The Hall–Kier alpha value is -1.96. The van der Waals surface area contributed by atoms with E-state index in [1.807, 2.05) is 24.3 Å². The highest BCUT2D eigenvalue weighted by atomic mass is 16.3. The lowest BCUT2D eigenvalue weighted by molar-refractivity contribution is 0.465. The molecule has 0 saturated carbocycles. The number of para-hydroxylation sites is 2. The summed E-state index contributed by atoms with van der Waals surface area (Å²) >= 11 is 0. The van der Waals surface area contributed by atoms with Crippen molar-refractivity contribution in [3.63, 3.8) is 0 Å². The fourth-order valence-corrected chi connectivity index (χ4v) is 2.31. The topological polar surface area (TPSA) is 32.3 Å². The fourth-order valence-electron chi connectivity index (χ4n) is 2.31. The number of anilines is 1. The molecule has 1 atom stereocenters. The summed E-state index contributed by atoms with van der Waals surface area (Å²) in [5, 5.41) is 13.4. The Kier molecular flexibility index (Phi) is 4.45. The molecule has 0 heterocycles. The highest BCUT2D eigenvalue weighted by Gasteiger charge is 2.10. The largest absolute Gasteiger partial charge is 0.508 e. The highest BCUT2D eigenvalue weighted by molar-refractivity contribution is 5.53. The lowest BCUT2D eigenvalue weighted by atomic mass is 10.0. The molecule has 1 unspecified atom stereocenters. The number of hydrogen-bond acceptors (Lipinski definition) is 2. The highest BCUT2D eigenvalue weighted by Crippen LogP contribution is 2.28. The van der Waals surface area contributed by atoms with Crippen LogP contribution in [0.4, 0.5) is 5.69 Å². The van der Waals surface area contributed by atoms with E-state index in [-0.39, 0.29) is 6.04 Å². The molecule has 19 heavy (non-hydrogen) atoms. The molecule has 2 nitrogen and oxygen atoms in total. The fraction of sp³-hybridized carbons (Fsp3) is 0.294. The van der Waals surface area contributed by atoms with Crippen molar-refractivity contribution in [3.8, 4) is 5.75 Å². The van der Waals surface area contributed by atoms with Gasteiger partial charge in [0.25, 0.3) is 0 Å². The van der Waals surface area contributed by atoms with Gasteiger partial charge in [-0.15, -0.1) is 0 Å². The van der Waals surface area contributed by atoms with Gasteiger partial charge in [-0.05, 0) is 31.0 Å². The predicted octanol–water partition coefficient (Wildman–Crippen LogP) is 4.52. The zero-order valence-corrected chi connectivity index (χ0v) is 11.6. The first-order valence-corrected chi connectivity index (χ1v) is 6.84. The summed E-state index contributed by atoms with van der Waals surface area (Å²) in [4.78, 5) is 0. The summed E-state index contributed by atoms with van der Waals surface area (Å²) in [6.07, 6.45) is 2.19. The Morgan fingerprint density at radius 2 is 1.74 bits per heavy atom. The maximum Gasteiger partial charge on any atom is 0.120 e. The van der Waals surface area contributed by atoms with E-state index in [9.17, 15) is 5.11 Å². The number of nitrogens with one attached hydrogen (secondary N) is 1. The number of hydrogen-bond donors (Lipinski definition) is 2. The molecular formula is C17H21NO. The van der Waals surface area contributed by atoms with Crippen molar-refractivity contribution in [2.24, 2.45) is 0 Å². The molecule has 2 N–H and O–H groups in total. The van der Waals surface area contributed by atoms with E-state index in [1.54, 1.807) is 6.07 Å². The average molecular weight is 255 g/mol. The van der Waals surface area contributed by atoms with Gasteiger partial charge in [0.15, 0.2) is 0 Å². The number of phenolic OH excluding ortho intramolecular Hbond substituents is 1. The van der Waals surface area contributed by atoms with Crippen molar-refractivity contribution in [2.75, 3.05) is 5.32 Å². The van der Waals surface area contributed by atoms with Crippen molar-refractivity contribution in [2.45, 2.75) is 32.7 Å². The molecule has 0 amide bonds. The van der Waals surface area contributed by atoms with E-state index in [0.717, 1.165) is 24.1 Å². The lowest BCUT2D eigenvalue weighted by Crippen LogP contribution is -2.08. The van der Waals surface area contributed by atoms with Crippen LogP contribution in [-0.4, -0.2) is 5.11 Å². The van der Waals surface area contributed by atoms with Crippen LogP contribution in [0.1, 0.15) is 37.4 Å². The molecule has 0 fully saturated rings. The molecule has 0 aliphatic heterocycles. The Balaban J connectivity index is 2.19. The van der Waals surface area contributed by atoms with Crippen LogP contribution in [0.25, 0.3) is 0 Å². The zero-order chi connectivity index (χ0) is 13.7. The average Bonchev–Trinajstić information content (AvgIpc) is 2.41. The van der Waals surface area contributed by atoms with Gasteiger partial charge in [0.05, 0.1) is 6.04 Å². The molecule has 0 bridgehead atoms. The Morgan fingerprint density at radius 1 is 1.05 bits per heavy atom. The van der Waals surface area contributed by atoms with Gasteiger partial charge in [-0.3, -0.25) is 0 Å². The van der Waals surface area contributed by atoms with Crippen molar-refractivity contribution in [1.82, 2.24) is 0 Å². The molecule has 2 aromatic carbocycles. The van der Waals surface area contributed by atoms with Crippen LogP contribution >= 0.6 is 0 Å². The molecular weight excluding hydrogens is 234 g/mol. The summed E-state index contributed by atoms with van der Waals surface area (Å²) in [6, 6.07) is 15.9. The van der Waals surface area contributed by atoms with Crippen LogP contribution in [0, 0.1) is 0 Å². The van der Waals surface area contributed by atoms with E-state index in [1.165, 1.54) is 5.56 Å². The Labute approximate surface area is 115 Å². The second kappa shape index (κ2) is 6.28. The number of benzene rings is 2. The lowest BCUT2D eigenvalue weighted by Gasteiger charge is -2.19. The molecule has 0 aliphatic rings. The summed E-state index contributed by atoms with van der Waals surface area (Å²) < 4.78 is 0. The zero-order valence-electron chi connectivity index (χ0n) is 11.6.